The van der Waals surface area contributed by atoms with Crippen molar-refractivity contribution in [3.8, 4) is 6.19 Å². The lowest BCUT2D eigenvalue weighted by atomic mass is 9.97. The second-order valence-electron chi connectivity index (χ2n) is 3.21. The Morgan fingerprint density at radius 1 is 1.50 bits per heavy atom. The summed E-state index contributed by atoms with van der Waals surface area (Å²) in [5, 5.41) is 8.68. The summed E-state index contributed by atoms with van der Waals surface area (Å²) >= 11 is 0. The standard InChI is InChI=1S/C7H11N3/c8-4-10-5-1-2-7(10)6(9)3-5/h5-7H,1-3,9H2/t5-,6+,7+/m0/s1. The zero-order valence-corrected chi connectivity index (χ0v) is 5.83. The van der Waals surface area contributed by atoms with Crippen LogP contribution >= 0.6 is 0 Å². The Kier molecular flexibility index (Phi) is 1.12. The van der Waals surface area contributed by atoms with E-state index in [-0.39, 0.29) is 6.04 Å². The summed E-state index contributed by atoms with van der Waals surface area (Å²) in [6.07, 6.45) is 5.53. The highest BCUT2D eigenvalue weighted by atomic mass is 15.2. The van der Waals surface area contributed by atoms with E-state index in [1.54, 1.807) is 0 Å². The zero-order chi connectivity index (χ0) is 7.14. The number of hydrogen-bond acceptors (Lipinski definition) is 3. The molecule has 2 heterocycles. The molecular formula is C7H11N3. The molecule has 0 aromatic heterocycles. The van der Waals surface area contributed by atoms with Crippen LogP contribution in [-0.4, -0.2) is 23.0 Å². The molecule has 2 N–H and O–H groups in total. The predicted molar refractivity (Wildman–Crippen MR) is 36.9 cm³/mol. The number of nitrogens with two attached hydrogens (primary N) is 1. The van der Waals surface area contributed by atoms with Crippen molar-refractivity contribution < 1.29 is 0 Å². The summed E-state index contributed by atoms with van der Waals surface area (Å²) in [7, 11) is 0. The molecule has 2 bridgehead atoms. The normalized spacial score (nSPS) is 44.0. The van der Waals surface area contributed by atoms with Gasteiger partial charge in [0.25, 0.3) is 0 Å². The van der Waals surface area contributed by atoms with Crippen molar-refractivity contribution in [3.05, 3.63) is 0 Å². The van der Waals surface area contributed by atoms with Crippen LogP contribution in [0.1, 0.15) is 19.3 Å². The predicted octanol–water partition coefficient (Wildman–Crippen LogP) is 0.0315. The second kappa shape index (κ2) is 1.86. The maximum Gasteiger partial charge on any atom is 0.179 e. The first-order valence-corrected chi connectivity index (χ1v) is 3.76. The van der Waals surface area contributed by atoms with E-state index in [2.05, 4.69) is 6.19 Å². The fourth-order valence-corrected chi connectivity index (χ4v) is 2.19. The quantitative estimate of drug-likeness (QED) is 0.479. The molecule has 2 aliphatic heterocycles. The lowest BCUT2D eigenvalue weighted by molar-refractivity contribution is 0.364. The van der Waals surface area contributed by atoms with Crippen LogP contribution in [0.3, 0.4) is 0 Å². The zero-order valence-electron chi connectivity index (χ0n) is 5.83. The van der Waals surface area contributed by atoms with Crippen LogP contribution in [0.4, 0.5) is 0 Å². The highest BCUT2D eigenvalue weighted by Crippen LogP contribution is 2.35. The average molecular weight is 137 g/mol. The molecule has 2 aliphatic rings. The van der Waals surface area contributed by atoms with E-state index in [4.69, 9.17) is 11.0 Å². The van der Waals surface area contributed by atoms with Gasteiger partial charge in [-0.15, -0.1) is 0 Å². The van der Waals surface area contributed by atoms with E-state index in [1.807, 2.05) is 4.90 Å². The molecule has 0 aromatic rings. The summed E-state index contributed by atoms with van der Waals surface area (Å²) in [6, 6.07) is 1.11. The molecule has 3 heteroatoms. The second-order valence-corrected chi connectivity index (χ2v) is 3.21. The summed E-state index contributed by atoms with van der Waals surface area (Å²) in [5.74, 6) is 0. The van der Waals surface area contributed by atoms with Gasteiger partial charge in [-0.3, -0.25) is 0 Å². The lowest BCUT2D eigenvalue weighted by Gasteiger charge is -2.15. The SMILES string of the molecule is N#CN1[C@H]2CC[C@@H]1[C@H](N)C2. The van der Waals surface area contributed by atoms with Crippen LogP contribution in [-0.2, 0) is 0 Å². The van der Waals surface area contributed by atoms with Gasteiger partial charge < -0.3 is 10.6 Å². The molecule has 2 rings (SSSR count). The summed E-state index contributed by atoms with van der Waals surface area (Å²) < 4.78 is 0. The molecule has 2 saturated heterocycles. The molecular weight excluding hydrogens is 126 g/mol. The van der Waals surface area contributed by atoms with E-state index in [0.29, 0.717) is 12.1 Å². The van der Waals surface area contributed by atoms with Crippen LogP contribution < -0.4 is 5.73 Å². The molecule has 2 fully saturated rings. The van der Waals surface area contributed by atoms with Crippen molar-refractivity contribution in [2.75, 3.05) is 0 Å². The summed E-state index contributed by atoms with van der Waals surface area (Å²) in [5.41, 5.74) is 5.79. The first-order valence-electron chi connectivity index (χ1n) is 3.76. The van der Waals surface area contributed by atoms with Gasteiger partial charge in [0.15, 0.2) is 6.19 Å². The maximum absolute atomic E-state index is 8.68. The Bertz CT molecular complexity index is 184. The van der Waals surface area contributed by atoms with Crippen molar-refractivity contribution >= 4 is 0 Å². The van der Waals surface area contributed by atoms with Gasteiger partial charge in [0.05, 0.1) is 6.04 Å². The first-order chi connectivity index (χ1) is 4.83. The summed E-state index contributed by atoms with van der Waals surface area (Å²) in [4.78, 5) is 1.88. The maximum atomic E-state index is 8.68. The van der Waals surface area contributed by atoms with Gasteiger partial charge in [-0.25, -0.2) is 0 Å². The molecule has 54 valence electrons. The van der Waals surface area contributed by atoms with Crippen molar-refractivity contribution in [2.45, 2.75) is 37.4 Å². The highest BCUT2D eigenvalue weighted by Gasteiger charge is 2.44. The molecule has 3 nitrogen and oxygen atoms in total. The van der Waals surface area contributed by atoms with Gasteiger partial charge in [-0.2, -0.15) is 5.26 Å². The Hall–Kier alpha value is -0.750. The minimum atomic E-state index is 0.262. The minimum Gasteiger partial charge on any atom is -0.326 e. The van der Waals surface area contributed by atoms with Gasteiger partial charge in [-0.05, 0) is 19.3 Å². The van der Waals surface area contributed by atoms with Crippen LogP contribution in [0, 0.1) is 11.5 Å². The highest BCUT2D eigenvalue weighted by molar-refractivity contribution is 5.06. The third-order valence-corrected chi connectivity index (χ3v) is 2.70. The molecule has 0 amide bonds. The Morgan fingerprint density at radius 3 is 2.60 bits per heavy atom. The molecule has 3 atom stereocenters. The molecule has 0 spiro atoms. The first kappa shape index (κ1) is 5.99. The fourth-order valence-electron chi connectivity index (χ4n) is 2.19. The molecule has 0 aliphatic carbocycles. The Morgan fingerprint density at radius 2 is 2.30 bits per heavy atom. The van der Waals surface area contributed by atoms with E-state index in [1.165, 1.54) is 6.42 Å². The van der Waals surface area contributed by atoms with Crippen molar-refractivity contribution in [3.63, 3.8) is 0 Å². The van der Waals surface area contributed by atoms with Gasteiger partial charge >= 0.3 is 0 Å². The molecule has 0 aromatic carbocycles. The Labute approximate surface area is 60.4 Å². The third-order valence-electron chi connectivity index (χ3n) is 2.70. The molecule has 0 saturated carbocycles. The topological polar surface area (TPSA) is 53.0 Å². The number of hydrogen-bond donors (Lipinski definition) is 1. The van der Waals surface area contributed by atoms with Gasteiger partial charge in [0, 0.05) is 12.1 Å². The Balaban J connectivity index is 2.20. The molecule has 0 radical (unpaired) electrons. The van der Waals surface area contributed by atoms with Crippen LogP contribution in [0.2, 0.25) is 0 Å². The summed E-state index contributed by atoms with van der Waals surface area (Å²) in [6.45, 7) is 0. The third kappa shape index (κ3) is 0.572. The van der Waals surface area contributed by atoms with Crippen molar-refractivity contribution in [2.24, 2.45) is 5.73 Å². The van der Waals surface area contributed by atoms with Gasteiger partial charge in [0.2, 0.25) is 0 Å². The van der Waals surface area contributed by atoms with Crippen LogP contribution in [0.15, 0.2) is 0 Å². The fraction of sp³-hybridized carbons (Fsp3) is 0.857. The van der Waals surface area contributed by atoms with Crippen molar-refractivity contribution in [1.29, 1.82) is 5.26 Å². The van der Waals surface area contributed by atoms with Crippen LogP contribution in [0.25, 0.3) is 0 Å². The smallest absolute Gasteiger partial charge is 0.179 e. The van der Waals surface area contributed by atoms with E-state index in [9.17, 15) is 0 Å². The molecule has 10 heavy (non-hydrogen) atoms. The lowest BCUT2D eigenvalue weighted by Crippen LogP contribution is -2.34. The number of nitrogens with zero attached hydrogens (tertiary/aromatic N) is 2. The van der Waals surface area contributed by atoms with Gasteiger partial charge in [0.1, 0.15) is 0 Å². The number of nitriles is 1. The van der Waals surface area contributed by atoms with E-state index < -0.39 is 0 Å². The van der Waals surface area contributed by atoms with Gasteiger partial charge in [-0.1, -0.05) is 0 Å². The van der Waals surface area contributed by atoms with Crippen LogP contribution in [0.5, 0.6) is 0 Å². The van der Waals surface area contributed by atoms with Crippen molar-refractivity contribution in [1.82, 2.24) is 4.90 Å². The monoisotopic (exact) mass is 137 g/mol. The minimum absolute atomic E-state index is 0.262. The number of rotatable bonds is 0. The van der Waals surface area contributed by atoms with E-state index >= 15 is 0 Å². The largest absolute Gasteiger partial charge is 0.326 e. The van der Waals surface area contributed by atoms with E-state index in [0.717, 1.165) is 12.8 Å². The molecule has 0 unspecified atom stereocenters. The average Bonchev–Trinajstić information content (AvgIpc) is 2.42. The number of fused-ring (bicyclic) bond motifs is 2.